The maximum Gasteiger partial charge on any atom is 0.252 e. The Hall–Kier alpha value is -2.49. The van der Waals surface area contributed by atoms with Crippen molar-refractivity contribution in [2.24, 2.45) is 0 Å². The molecule has 0 fully saturated rings. The van der Waals surface area contributed by atoms with Crippen molar-refractivity contribution < 1.29 is 0 Å². The first-order valence-corrected chi connectivity index (χ1v) is 4.60. The molecular formula is C9H9N7. The standard InChI is InChI=1S/C9H9N7/c1-11-9-4-12-7(3-13-9)5-16-6-14-8(2-10)15-16/h3-4,6H,5H2,1H3,(H,11,13). The zero-order valence-corrected chi connectivity index (χ0v) is 8.62. The van der Waals surface area contributed by atoms with Crippen LogP contribution in [0.5, 0.6) is 0 Å². The molecule has 0 amide bonds. The zero-order chi connectivity index (χ0) is 11.4. The van der Waals surface area contributed by atoms with Crippen LogP contribution in [0.25, 0.3) is 0 Å². The van der Waals surface area contributed by atoms with E-state index in [9.17, 15) is 0 Å². The normalized spacial score (nSPS) is 9.75. The molecule has 0 aliphatic carbocycles. The van der Waals surface area contributed by atoms with Crippen LogP contribution in [0, 0.1) is 11.3 Å². The maximum atomic E-state index is 8.56. The van der Waals surface area contributed by atoms with Crippen molar-refractivity contribution in [2.45, 2.75) is 6.54 Å². The van der Waals surface area contributed by atoms with Gasteiger partial charge in [-0.3, -0.25) is 4.98 Å². The summed E-state index contributed by atoms with van der Waals surface area (Å²) in [4.78, 5) is 12.1. The van der Waals surface area contributed by atoms with E-state index in [1.54, 1.807) is 24.1 Å². The predicted octanol–water partition coefficient (Wildman–Crippen LogP) is 0.0298. The van der Waals surface area contributed by atoms with Crippen LogP contribution in [0.15, 0.2) is 18.7 Å². The van der Waals surface area contributed by atoms with Gasteiger partial charge in [0.2, 0.25) is 0 Å². The van der Waals surface area contributed by atoms with E-state index in [1.165, 1.54) is 6.33 Å². The Morgan fingerprint density at radius 3 is 2.81 bits per heavy atom. The van der Waals surface area contributed by atoms with E-state index in [1.807, 2.05) is 6.07 Å². The quantitative estimate of drug-likeness (QED) is 0.776. The smallest absolute Gasteiger partial charge is 0.252 e. The molecule has 0 atom stereocenters. The van der Waals surface area contributed by atoms with Crippen molar-refractivity contribution in [3.63, 3.8) is 0 Å². The van der Waals surface area contributed by atoms with Gasteiger partial charge in [-0.05, 0) is 0 Å². The molecule has 0 saturated heterocycles. The second kappa shape index (κ2) is 4.35. The number of hydrogen-bond acceptors (Lipinski definition) is 6. The van der Waals surface area contributed by atoms with Gasteiger partial charge in [0.25, 0.3) is 5.82 Å². The fourth-order valence-corrected chi connectivity index (χ4v) is 1.15. The molecule has 0 aliphatic rings. The van der Waals surface area contributed by atoms with E-state index >= 15 is 0 Å². The molecule has 2 heterocycles. The summed E-state index contributed by atoms with van der Waals surface area (Å²) in [5, 5.41) is 15.4. The van der Waals surface area contributed by atoms with Crippen molar-refractivity contribution in [1.29, 1.82) is 5.26 Å². The van der Waals surface area contributed by atoms with Crippen LogP contribution < -0.4 is 5.32 Å². The summed E-state index contributed by atoms with van der Waals surface area (Å²) in [6.07, 6.45) is 4.78. The Morgan fingerprint density at radius 2 is 2.25 bits per heavy atom. The number of nitrogens with zero attached hydrogens (tertiary/aromatic N) is 6. The van der Waals surface area contributed by atoms with Crippen LogP contribution in [-0.2, 0) is 6.54 Å². The highest BCUT2D eigenvalue weighted by Gasteiger charge is 2.01. The van der Waals surface area contributed by atoms with Crippen molar-refractivity contribution in [1.82, 2.24) is 24.7 Å². The Morgan fingerprint density at radius 1 is 1.38 bits per heavy atom. The van der Waals surface area contributed by atoms with E-state index in [4.69, 9.17) is 5.26 Å². The van der Waals surface area contributed by atoms with Crippen LogP contribution in [-0.4, -0.2) is 31.8 Å². The van der Waals surface area contributed by atoms with E-state index in [0.717, 1.165) is 5.69 Å². The molecule has 16 heavy (non-hydrogen) atoms. The van der Waals surface area contributed by atoms with E-state index in [-0.39, 0.29) is 5.82 Å². The van der Waals surface area contributed by atoms with Crippen LogP contribution >= 0.6 is 0 Å². The molecule has 0 aliphatic heterocycles. The van der Waals surface area contributed by atoms with Gasteiger partial charge in [0.1, 0.15) is 18.2 Å². The van der Waals surface area contributed by atoms with E-state index < -0.39 is 0 Å². The van der Waals surface area contributed by atoms with Gasteiger partial charge >= 0.3 is 0 Å². The van der Waals surface area contributed by atoms with E-state index in [0.29, 0.717) is 12.4 Å². The molecule has 2 aromatic heterocycles. The summed E-state index contributed by atoms with van der Waals surface area (Å²) in [6, 6.07) is 1.86. The molecule has 7 heteroatoms. The topological polar surface area (TPSA) is 92.3 Å². The van der Waals surface area contributed by atoms with E-state index in [2.05, 4.69) is 25.4 Å². The summed E-state index contributed by atoms with van der Waals surface area (Å²) >= 11 is 0. The van der Waals surface area contributed by atoms with Crippen LogP contribution in [0.4, 0.5) is 5.82 Å². The predicted molar refractivity (Wildman–Crippen MR) is 55.4 cm³/mol. The lowest BCUT2D eigenvalue weighted by Gasteiger charge is -2.01. The fraction of sp³-hybridized carbons (Fsp3) is 0.222. The summed E-state index contributed by atoms with van der Waals surface area (Å²) < 4.78 is 1.54. The average Bonchev–Trinajstić information content (AvgIpc) is 2.78. The van der Waals surface area contributed by atoms with Gasteiger partial charge < -0.3 is 5.32 Å². The first kappa shape index (κ1) is 10.0. The van der Waals surface area contributed by atoms with Gasteiger partial charge in [-0.15, -0.1) is 5.10 Å². The lowest BCUT2D eigenvalue weighted by atomic mass is 10.4. The van der Waals surface area contributed by atoms with Gasteiger partial charge in [0.15, 0.2) is 0 Å². The minimum absolute atomic E-state index is 0.153. The minimum Gasteiger partial charge on any atom is -0.372 e. The molecule has 0 radical (unpaired) electrons. The van der Waals surface area contributed by atoms with Gasteiger partial charge in [-0.25, -0.2) is 14.6 Å². The number of nitrogens with one attached hydrogen (secondary N) is 1. The molecule has 2 aromatic rings. The highest BCUT2D eigenvalue weighted by atomic mass is 15.3. The molecule has 0 spiro atoms. The molecule has 0 unspecified atom stereocenters. The molecule has 0 saturated carbocycles. The minimum atomic E-state index is 0.153. The lowest BCUT2D eigenvalue weighted by molar-refractivity contribution is 0.666. The second-order valence-corrected chi connectivity index (χ2v) is 3.02. The average molecular weight is 215 g/mol. The van der Waals surface area contributed by atoms with Crippen molar-refractivity contribution in [3.05, 3.63) is 30.2 Å². The first-order valence-electron chi connectivity index (χ1n) is 4.60. The Balaban J connectivity index is 2.11. The van der Waals surface area contributed by atoms with Crippen molar-refractivity contribution >= 4 is 5.82 Å². The van der Waals surface area contributed by atoms with Gasteiger partial charge in [0.05, 0.1) is 24.6 Å². The molecule has 1 N–H and O–H groups in total. The first-order chi connectivity index (χ1) is 7.81. The largest absolute Gasteiger partial charge is 0.372 e. The number of anilines is 1. The molecule has 0 bridgehead atoms. The number of nitriles is 1. The Bertz CT molecular complexity index is 507. The molecule has 0 aromatic carbocycles. The Kier molecular flexibility index (Phi) is 2.73. The summed E-state index contributed by atoms with van der Waals surface area (Å²) in [5.41, 5.74) is 0.758. The Labute approximate surface area is 91.8 Å². The third-order valence-electron chi connectivity index (χ3n) is 1.92. The van der Waals surface area contributed by atoms with Crippen LogP contribution in [0.3, 0.4) is 0 Å². The van der Waals surface area contributed by atoms with Crippen LogP contribution in [0.2, 0.25) is 0 Å². The molecule has 80 valence electrons. The third kappa shape index (κ3) is 2.12. The zero-order valence-electron chi connectivity index (χ0n) is 8.62. The third-order valence-corrected chi connectivity index (χ3v) is 1.92. The summed E-state index contributed by atoms with van der Waals surface area (Å²) in [6.45, 7) is 0.450. The van der Waals surface area contributed by atoms with Crippen molar-refractivity contribution in [3.8, 4) is 6.07 Å². The highest BCUT2D eigenvalue weighted by Crippen LogP contribution is 2.01. The van der Waals surface area contributed by atoms with Gasteiger partial charge in [-0.2, -0.15) is 5.26 Å². The fourth-order valence-electron chi connectivity index (χ4n) is 1.15. The SMILES string of the molecule is CNc1cnc(Cn2cnc(C#N)n2)cn1. The number of rotatable bonds is 3. The summed E-state index contributed by atoms with van der Waals surface area (Å²) in [5.74, 6) is 0.861. The van der Waals surface area contributed by atoms with Crippen molar-refractivity contribution in [2.75, 3.05) is 12.4 Å². The second-order valence-electron chi connectivity index (χ2n) is 3.02. The molecule has 7 nitrogen and oxygen atoms in total. The van der Waals surface area contributed by atoms with Crippen LogP contribution in [0.1, 0.15) is 11.5 Å². The monoisotopic (exact) mass is 215 g/mol. The highest BCUT2D eigenvalue weighted by molar-refractivity contribution is 5.29. The lowest BCUT2D eigenvalue weighted by Crippen LogP contribution is -2.04. The molecule has 2 rings (SSSR count). The van der Waals surface area contributed by atoms with Gasteiger partial charge in [-0.1, -0.05) is 0 Å². The van der Waals surface area contributed by atoms with Gasteiger partial charge in [0, 0.05) is 7.05 Å². The number of aromatic nitrogens is 5. The maximum absolute atomic E-state index is 8.56. The number of hydrogen-bond donors (Lipinski definition) is 1. The molecular weight excluding hydrogens is 206 g/mol. The summed E-state index contributed by atoms with van der Waals surface area (Å²) in [7, 11) is 1.78.